The minimum atomic E-state index is -0.615. The first-order chi connectivity index (χ1) is 8.04. The second-order valence-corrected chi connectivity index (χ2v) is 4.45. The van der Waals surface area contributed by atoms with Crippen molar-refractivity contribution < 1.29 is 19.4 Å². The molecule has 0 saturated carbocycles. The molecule has 17 heavy (non-hydrogen) atoms. The molecule has 0 aliphatic carbocycles. The first kappa shape index (κ1) is 14.0. The van der Waals surface area contributed by atoms with Gasteiger partial charge < -0.3 is 14.6 Å². The van der Waals surface area contributed by atoms with Gasteiger partial charge >= 0.3 is 5.97 Å². The molecule has 0 aliphatic rings. The van der Waals surface area contributed by atoms with Crippen molar-refractivity contribution in [1.29, 1.82) is 0 Å². The minimum absolute atomic E-state index is 0.183. The van der Waals surface area contributed by atoms with Crippen molar-refractivity contribution in [3.8, 4) is 5.75 Å². The maximum atomic E-state index is 10.9. The molecular formula is C12H15BrO4. The first-order valence-corrected chi connectivity index (χ1v) is 6.01. The van der Waals surface area contributed by atoms with Crippen LogP contribution >= 0.6 is 15.9 Å². The number of rotatable bonds is 5. The van der Waals surface area contributed by atoms with Crippen LogP contribution in [0, 0.1) is 0 Å². The van der Waals surface area contributed by atoms with Gasteiger partial charge in [0.1, 0.15) is 5.75 Å². The van der Waals surface area contributed by atoms with Crippen molar-refractivity contribution in [1.82, 2.24) is 0 Å². The molecule has 0 bridgehead atoms. The Balaban J connectivity index is 2.68. The zero-order chi connectivity index (χ0) is 12.8. The van der Waals surface area contributed by atoms with Gasteiger partial charge in [0, 0.05) is 10.0 Å². The van der Waals surface area contributed by atoms with Gasteiger partial charge in [-0.15, -0.1) is 0 Å². The smallest absolute Gasteiger partial charge is 0.308 e. The molecule has 1 rings (SSSR count). The van der Waals surface area contributed by atoms with Gasteiger partial charge in [0.25, 0.3) is 0 Å². The second kappa shape index (κ2) is 6.61. The van der Waals surface area contributed by atoms with E-state index < -0.39 is 6.10 Å². The molecule has 0 radical (unpaired) electrons. The van der Waals surface area contributed by atoms with Crippen molar-refractivity contribution in [2.45, 2.75) is 19.4 Å². The number of benzene rings is 1. The average molecular weight is 303 g/mol. The Hall–Kier alpha value is -1.07. The summed E-state index contributed by atoms with van der Waals surface area (Å²) in [5, 5.41) is 9.56. The van der Waals surface area contributed by atoms with Crippen LogP contribution in [0.5, 0.6) is 5.75 Å². The minimum Gasteiger partial charge on any atom is -0.493 e. The lowest BCUT2D eigenvalue weighted by atomic mass is 10.1. The van der Waals surface area contributed by atoms with Crippen LogP contribution in [0.3, 0.4) is 0 Å². The number of ether oxygens (including phenoxy) is 2. The van der Waals surface area contributed by atoms with Crippen LogP contribution in [-0.4, -0.2) is 24.8 Å². The van der Waals surface area contributed by atoms with Crippen molar-refractivity contribution >= 4 is 21.9 Å². The van der Waals surface area contributed by atoms with Gasteiger partial charge in [-0.3, -0.25) is 4.79 Å². The monoisotopic (exact) mass is 302 g/mol. The number of carbonyl (C=O) groups is 1. The summed E-state index contributed by atoms with van der Waals surface area (Å²) in [4.78, 5) is 10.9. The molecule has 0 aromatic heterocycles. The number of esters is 1. The summed E-state index contributed by atoms with van der Waals surface area (Å²) in [5.74, 6) is 0.247. The molecule has 4 nitrogen and oxygen atoms in total. The molecule has 0 spiro atoms. The van der Waals surface area contributed by atoms with E-state index in [1.807, 2.05) is 6.07 Å². The Kier molecular flexibility index (Phi) is 5.44. The number of aliphatic hydroxyl groups is 1. The van der Waals surface area contributed by atoms with E-state index in [-0.39, 0.29) is 19.0 Å². The molecule has 0 heterocycles. The molecule has 0 unspecified atom stereocenters. The van der Waals surface area contributed by atoms with Gasteiger partial charge in [-0.05, 0) is 19.1 Å². The molecule has 94 valence electrons. The van der Waals surface area contributed by atoms with E-state index in [9.17, 15) is 9.90 Å². The molecule has 1 aromatic carbocycles. The van der Waals surface area contributed by atoms with Crippen LogP contribution in [0.15, 0.2) is 22.7 Å². The molecule has 5 heteroatoms. The number of halogens is 1. The Morgan fingerprint density at radius 2 is 2.24 bits per heavy atom. The zero-order valence-corrected chi connectivity index (χ0v) is 11.4. The Labute approximate surface area is 109 Å². The van der Waals surface area contributed by atoms with E-state index in [0.717, 1.165) is 4.47 Å². The third-order valence-electron chi connectivity index (χ3n) is 2.22. The molecule has 0 saturated heterocycles. The lowest BCUT2D eigenvalue weighted by molar-refractivity contribution is -0.141. The topological polar surface area (TPSA) is 55.8 Å². The summed E-state index contributed by atoms with van der Waals surface area (Å²) in [7, 11) is 1.34. The highest BCUT2D eigenvalue weighted by molar-refractivity contribution is 9.10. The van der Waals surface area contributed by atoms with Gasteiger partial charge in [0.15, 0.2) is 0 Å². The summed E-state index contributed by atoms with van der Waals surface area (Å²) in [6.45, 7) is 1.89. The number of methoxy groups -OCH3 is 1. The Bertz CT molecular complexity index is 390. The normalized spacial score (nSPS) is 12.0. The van der Waals surface area contributed by atoms with Crippen LogP contribution in [-0.2, 0) is 9.53 Å². The van der Waals surface area contributed by atoms with Gasteiger partial charge in [-0.25, -0.2) is 0 Å². The van der Waals surface area contributed by atoms with E-state index in [0.29, 0.717) is 11.3 Å². The fraction of sp³-hybridized carbons (Fsp3) is 0.417. The third-order valence-corrected chi connectivity index (χ3v) is 2.71. The summed E-state index contributed by atoms with van der Waals surface area (Å²) >= 11 is 3.33. The molecule has 0 fully saturated rings. The first-order valence-electron chi connectivity index (χ1n) is 5.21. The Morgan fingerprint density at radius 1 is 1.53 bits per heavy atom. The van der Waals surface area contributed by atoms with Crippen LogP contribution < -0.4 is 4.74 Å². The standard InChI is InChI=1S/C12H15BrO4/c1-8(14)10-4-3-9(13)7-11(10)17-6-5-12(15)16-2/h3-4,7-8,14H,5-6H2,1-2H3/t8-/m1/s1. The van der Waals surface area contributed by atoms with Gasteiger partial charge in [-0.2, -0.15) is 0 Å². The fourth-order valence-corrected chi connectivity index (χ4v) is 1.66. The van der Waals surface area contributed by atoms with E-state index in [2.05, 4.69) is 20.7 Å². The second-order valence-electron chi connectivity index (χ2n) is 3.53. The SMILES string of the molecule is COC(=O)CCOc1cc(Br)ccc1[C@@H](C)O. The van der Waals surface area contributed by atoms with E-state index >= 15 is 0 Å². The van der Waals surface area contributed by atoms with Gasteiger partial charge in [-0.1, -0.05) is 22.0 Å². The largest absolute Gasteiger partial charge is 0.493 e. The molecule has 0 amide bonds. The third kappa shape index (κ3) is 4.36. The average Bonchev–Trinajstić information content (AvgIpc) is 2.28. The molecule has 1 aromatic rings. The highest BCUT2D eigenvalue weighted by atomic mass is 79.9. The van der Waals surface area contributed by atoms with E-state index in [1.54, 1.807) is 19.1 Å². The van der Waals surface area contributed by atoms with Crippen LogP contribution in [0.4, 0.5) is 0 Å². The zero-order valence-electron chi connectivity index (χ0n) is 9.77. The number of hydrogen-bond donors (Lipinski definition) is 1. The predicted molar refractivity (Wildman–Crippen MR) is 66.9 cm³/mol. The summed E-state index contributed by atoms with van der Waals surface area (Å²) in [5.41, 5.74) is 0.693. The maximum absolute atomic E-state index is 10.9. The van der Waals surface area contributed by atoms with Crippen LogP contribution in [0.1, 0.15) is 25.0 Å². The molecule has 1 atom stereocenters. The highest BCUT2D eigenvalue weighted by Gasteiger charge is 2.10. The van der Waals surface area contributed by atoms with Crippen molar-refractivity contribution in [2.75, 3.05) is 13.7 Å². The molecular weight excluding hydrogens is 288 g/mol. The summed E-state index contributed by atoms with van der Waals surface area (Å²) in [6, 6.07) is 5.37. The quantitative estimate of drug-likeness (QED) is 0.849. The Morgan fingerprint density at radius 3 is 2.82 bits per heavy atom. The van der Waals surface area contributed by atoms with Crippen LogP contribution in [0.25, 0.3) is 0 Å². The van der Waals surface area contributed by atoms with Crippen molar-refractivity contribution in [3.63, 3.8) is 0 Å². The summed E-state index contributed by atoms with van der Waals surface area (Å²) in [6.07, 6.45) is -0.432. The fourth-order valence-electron chi connectivity index (χ4n) is 1.32. The lowest BCUT2D eigenvalue weighted by Gasteiger charge is -2.13. The number of aliphatic hydroxyl groups excluding tert-OH is 1. The summed E-state index contributed by atoms with van der Waals surface area (Å²) < 4.78 is 10.8. The lowest BCUT2D eigenvalue weighted by Crippen LogP contribution is -2.09. The van der Waals surface area contributed by atoms with E-state index in [1.165, 1.54) is 7.11 Å². The number of hydrogen-bond acceptors (Lipinski definition) is 4. The van der Waals surface area contributed by atoms with Crippen molar-refractivity contribution in [3.05, 3.63) is 28.2 Å². The van der Waals surface area contributed by atoms with Gasteiger partial charge in [0.2, 0.25) is 0 Å². The number of carbonyl (C=O) groups excluding carboxylic acids is 1. The maximum Gasteiger partial charge on any atom is 0.308 e. The van der Waals surface area contributed by atoms with Crippen LogP contribution in [0.2, 0.25) is 0 Å². The van der Waals surface area contributed by atoms with Crippen molar-refractivity contribution in [2.24, 2.45) is 0 Å². The molecule has 1 N–H and O–H groups in total. The van der Waals surface area contributed by atoms with Gasteiger partial charge in [0.05, 0.1) is 26.2 Å². The predicted octanol–water partition coefficient (Wildman–Crippen LogP) is 2.44. The molecule has 0 aliphatic heterocycles. The highest BCUT2D eigenvalue weighted by Crippen LogP contribution is 2.28. The van der Waals surface area contributed by atoms with E-state index in [4.69, 9.17) is 4.74 Å².